The summed E-state index contributed by atoms with van der Waals surface area (Å²) in [5, 5.41) is 7.14. The van der Waals surface area contributed by atoms with Crippen LogP contribution >= 0.6 is 11.6 Å². The molecule has 0 saturated carbocycles. The van der Waals surface area contributed by atoms with Crippen LogP contribution in [0.1, 0.15) is 42.1 Å². The number of fused-ring (bicyclic) bond motifs is 1. The van der Waals surface area contributed by atoms with Crippen LogP contribution in [0.4, 0.5) is 0 Å². The van der Waals surface area contributed by atoms with Crippen LogP contribution in [0.3, 0.4) is 0 Å². The molecule has 228 valence electrons. The molecule has 8 heteroatoms. The van der Waals surface area contributed by atoms with E-state index in [-0.39, 0.29) is 23.9 Å². The standard InChI is InChI=1S/C35H44ClN5O2/c1-3-39(4-2)25-33(27-10-6-5-7-11-27)40-18-20-41(21-19-40)35(43)32(22-26-14-16-30(36)17-15-26)38-34(42)31-23-28-12-8-9-13-29(28)24-37-31/h5-17,31-33,37H,3-4,18-25H2,1-2H3,(H,38,42)/t31-,32-,33-/m1/s1. The first-order chi connectivity index (χ1) is 20.9. The van der Waals surface area contributed by atoms with Crippen molar-refractivity contribution in [2.75, 3.05) is 45.8 Å². The van der Waals surface area contributed by atoms with Crippen molar-refractivity contribution >= 4 is 23.4 Å². The Hall–Kier alpha value is -3.23. The second-order valence-corrected chi connectivity index (χ2v) is 12.0. The lowest BCUT2D eigenvalue weighted by atomic mass is 9.95. The number of likely N-dealkylation sites (N-methyl/N-ethyl adjacent to an activating group) is 1. The van der Waals surface area contributed by atoms with Gasteiger partial charge in [0.2, 0.25) is 11.8 Å². The molecule has 0 spiro atoms. The van der Waals surface area contributed by atoms with Gasteiger partial charge in [0, 0.05) is 56.8 Å². The number of benzene rings is 3. The minimum atomic E-state index is -0.653. The first-order valence-corrected chi connectivity index (χ1v) is 16.0. The van der Waals surface area contributed by atoms with Gasteiger partial charge in [-0.1, -0.05) is 92.2 Å². The number of nitrogens with zero attached hydrogens (tertiary/aromatic N) is 3. The van der Waals surface area contributed by atoms with Crippen LogP contribution in [0, 0.1) is 0 Å². The highest BCUT2D eigenvalue weighted by Crippen LogP contribution is 2.24. The van der Waals surface area contributed by atoms with Crippen molar-refractivity contribution in [1.82, 2.24) is 25.3 Å². The van der Waals surface area contributed by atoms with Gasteiger partial charge in [-0.15, -0.1) is 0 Å². The second-order valence-electron chi connectivity index (χ2n) is 11.6. The van der Waals surface area contributed by atoms with Gasteiger partial charge in [-0.3, -0.25) is 14.5 Å². The SMILES string of the molecule is CCN(CC)C[C@H](c1ccccc1)N1CCN(C(=O)[C@@H](Cc2ccc(Cl)cc2)NC(=O)[C@H]2Cc3ccccc3CN2)CC1. The lowest BCUT2D eigenvalue weighted by molar-refractivity contribution is -0.138. The molecule has 0 bridgehead atoms. The normalized spacial score (nSPS) is 18.6. The highest BCUT2D eigenvalue weighted by Gasteiger charge is 2.33. The third-order valence-corrected chi connectivity index (χ3v) is 9.19. The number of halogens is 1. The molecule has 0 unspecified atom stereocenters. The van der Waals surface area contributed by atoms with Gasteiger partial charge in [0.1, 0.15) is 6.04 Å². The van der Waals surface area contributed by atoms with E-state index in [1.54, 1.807) is 0 Å². The monoisotopic (exact) mass is 601 g/mol. The summed E-state index contributed by atoms with van der Waals surface area (Å²) < 4.78 is 0. The highest BCUT2D eigenvalue weighted by atomic mass is 35.5. The van der Waals surface area contributed by atoms with E-state index >= 15 is 0 Å². The molecule has 2 aliphatic rings. The number of hydrogen-bond donors (Lipinski definition) is 2. The maximum absolute atomic E-state index is 14.0. The van der Waals surface area contributed by atoms with Crippen molar-refractivity contribution in [2.24, 2.45) is 0 Å². The summed E-state index contributed by atoms with van der Waals surface area (Å²) in [4.78, 5) is 34.5. The molecular weight excluding hydrogens is 558 g/mol. The third-order valence-electron chi connectivity index (χ3n) is 8.94. The highest BCUT2D eigenvalue weighted by molar-refractivity contribution is 6.30. The average molecular weight is 602 g/mol. The van der Waals surface area contributed by atoms with E-state index < -0.39 is 6.04 Å². The third kappa shape index (κ3) is 8.03. The Bertz CT molecular complexity index is 1340. The molecule has 5 rings (SSSR count). The smallest absolute Gasteiger partial charge is 0.245 e. The van der Waals surface area contributed by atoms with Crippen LogP contribution in [-0.4, -0.2) is 84.4 Å². The number of carbonyl (C=O) groups is 2. The fraction of sp³-hybridized carbons (Fsp3) is 0.429. The lowest BCUT2D eigenvalue weighted by Crippen LogP contribution is -2.58. The molecule has 2 amide bonds. The van der Waals surface area contributed by atoms with Gasteiger partial charge >= 0.3 is 0 Å². The predicted octanol–water partition coefficient (Wildman–Crippen LogP) is 4.31. The van der Waals surface area contributed by atoms with E-state index in [2.05, 4.69) is 76.7 Å². The van der Waals surface area contributed by atoms with E-state index in [4.69, 9.17) is 11.6 Å². The molecule has 1 saturated heterocycles. The zero-order valence-electron chi connectivity index (χ0n) is 25.3. The van der Waals surface area contributed by atoms with Crippen molar-refractivity contribution in [3.63, 3.8) is 0 Å². The first-order valence-electron chi connectivity index (χ1n) is 15.6. The summed E-state index contributed by atoms with van der Waals surface area (Å²) in [7, 11) is 0. The number of nitrogens with one attached hydrogen (secondary N) is 2. The van der Waals surface area contributed by atoms with E-state index in [1.807, 2.05) is 41.3 Å². The number of hydrogen-bond acceptors (Lipinski definition) is 5. The topological polar surface area (TPSA) is 67.9 Å². The van der Waals surface area contributed by atoms with Gasteiger partial charge in [0.15, 0.2) is 0 Å². The molecule has 3 aromatic carbocycles. The fourth-order valence-corrected chi connectivity index (χ4v) is 6.40. The molecule has 1 fully saturated rings. The van der Waals surface area contributed by atoms with E-state index in [1.165, 1.54) is 16.7 Å². The maximum Gasteiger partial charge on any atom is 0.245 e. The van der Waals surface area contributed by atoms with Gasteiger partial charge in [-0.25, -0.2) is 0 Å². The Balaban J connectivity index is 1.27. The van der Waals surface area contributed by atoms with Crippen molar-refractivity contribution in [2.45, 2.75) is 51.4 Å². The van der Waals surface area contributed by atoms with E-state index in [9.17, 15) is 9.59 Å². The molecule has 0 aliphatic carbocycles. The zero-order valence-corrected chi connectivity index (χ0v) is 26.1. The van der Waals surface area contributed by atoms with Crippen molar-refractivity contribution in [3.05, 3.63) is 106 Å². The molecule has 2 heterocycles. The van der Waals surface area contributed by atoms with Gasteiger partial charge in [-0.2, -0.15) is 0 Å². The van der Waals surface area contributed by atoms with Crippen molar-refractivity contribution in [1.29, 1.82) is 0 Å². The molecule has 0 radical (unpaired) electrons. The molecule has 0 aromatic heterocycles. The number of rotatable bonds is 11. The Labute approximate surface area is 261 Å². The summed E-state index contributed by atoms with van der Waals surface area (Å²) in [6.07, 6.45) is 1.02. The molecule has 7 nitrogen and oxygen atoms in total. The lowest BCUT2D eigenvalue weighted by Gasteiger charge is -2.42. The van der Waals surface area contributed by atoms with Gasteiger partial charge < -0.3 is 20.4 Å². The average Bonchev–Trinajstić information content (AvgIpc) is 3.06. The molecule has 3 atom stereocenters. The maximum atomic E-state index is 14.0. The predicted molar refractivity (Wildman–Crippen MR) is 173 cm³/mol. The molecular formula is C35H44ClN5O2. The fourth-order valence-electron chi connectivity index (χ4n) is 6.28. The van der Waals surface area contributed by atoms with Gasteiger partial charge in [-0.05, 0) is 53.9 Å². The van der Waals surface area contributed by atoms with Gasteiger partial charge in [0.05, 0.1) is 6.04 Å². The first kappa shape index (κ1) is 31.2. The number of amides is 2. The Morgan fingerprint density at radius 2 is 1.56 bits per heavy atom. The summed E-state index contributed by atoms with van der Waals surface area (Å²) >= 11 is 6.13. The van der Waals surface area contributed by atoms with E-state index in [0.29, 0.717) is 37.5 Å². The Morgan fingerprint density at radius 1 is 0.907 bits per heavy atom. The number of carbonyl (C=O) groups excluding carboxylic acids is 2. The van der Waals surface area contributed by atoms with Crippen LogP contribution in [0.25, 0.3) is 0 Å². The quantitative estimate of drug-likeness (QED) is 0.343. The van der Waals surface area contributed by atoms with Gasteiger partial charge in [0.25, 0.3) is 0 Å². The Morgan fingerprint density at radius 3 is 2.23 bits per heavy atom. The largest absolute Gasteiger partial charge is 0.343 e. The van der Waals surface area contributed by atoms with Crippen LogP contribution < -0.4 is 10.6 Å². The summed E-state index contributed by atoms with van der Waals surface area (Å²) in [5.74, 6) is -0.164. The zero-order chi connectivity index (χ0) is 30.2. The molecule has 2 N–H and O–H groups in total. The Kier molecular flexibility index (Phi) is 10.9. The van der Waals surface area contributed by atoms with Crippen molar-refractivity contribution < 1.29 is 9.59 Å². The summed E-state index contributed by atoms with van der Waals surface area (Å²) in [6.45, 7) is 10.9. The van der Waals surface area contributed by atoms with Crippen molar-refractivity contribution in [3.8, 4) is 0 Å². The minimum absolute atomic E-state index is 0.0286. The minimum Gasteiger partial charge on any atom is -0.343 e. The van der Waals surface area contributed by atoms with E-state index in [0.717, 1.165) is 38.3 Å². The van der Waals surface area contributed by atoms with Crippen LogP contribution in [0.5, 0.6) is 0 Å². The number of piperazine rings is 1. The summed E-state index contributed by atoms with van der Waals surface area (Å²) in [6, 6.07) is 25.7. The molecule has 43 heavy (non-hydrogen) atoms. The second kappa shape index (κ2) is 15.0. The van der Waals surface area contributed by atoms with Crippen LogP contribution in [0.15, 0.2) is 78.9 Å². The summed E-state index contributed by atoms with van der Waals surface area (Å²) in [5.41, 5.74) is 4.67. The van der Waals surface area contributed by atoms with Crippen LogP contribution in [-0.2, 0) is 29.0 Å². The van der Waals surface area contributed by atoms with Crippen LogP contribution in [0.2, 0.25) is 5.02 Å². The molecule has 2 aliphatic heterocycles. The molecule has 3 aromatic rings.